The van der Waals surface area contributed by atoms with E-state index in [1.807, 2.05) is 6.92 Å². The summed E-state index contributed by atoms with van der Waals surface area (Å²) >= 11 is 1.11. The third kappa shape index (κ3) is 3.85. The molecular formula is C15H18N2O5S2. The SMILES string of the molecule is Cc1ccc(-c2nc(C)c(C(=O)NS(=O)(=O)C[C@@H]3CCOC3)s2)o1. The van der Waals surface area contributed by atoms with Crippen molar-refractivity contribution < 1.29 is 22.4 Å². The van der Waals surface area contributed by atoms with E-state index in [1.54, 1.807) is 19.1 Å². The van der Waals surface area contributed by atoms with Crippen LogP contribution < -0.4 is 4.72 Å². The van der Waals surface area contributed by atoms with Crippen LogP contribution in [0.15, 0.2) is 16.5 Å². The van der Waals surface area contributed by atoms with Crippen molar-refractivity contribution in [2.24, 2.45) is 5.92 Å². The molecule has 3 rings (SSSR count). The Balaban J connectivity index is 1.74. The topological polar surface area (TPSA) is 98.5 Å². The van der Waals surface area contributed by atoms with Crippen LogP contribution in [0.3, 0.4) is 0 Å². The van der Waals surface area contributed by atoms with E-state index in [4.69, 9.17) is 9.15 Å². The van der Waals surface area contributed by atoms with Crippen LogP contribution in [0, 0.1) is 19.8 Å². The van der Waals surface area contributed by atoms with Gasteiger partial charge in [-0.1, -0.05) is 0 Å². The van der Waals surface area contributed by atoms with Gasteiger partial charge >= 0.3 is 0 Å². The lowest BCUT2D eigenvalue weighted by Crippen LogP contribution is -2.34. The average Bonchev–Trinajstić information content (AvgIpc) is 3.19. The second-order valence-electron chi connectivity index (χ2n) is 5.79. The first-order valence-corrected chi connectivity index (χ1v) is 9.98. The van der Waals surface area contributed by atoms with Gasteiger partial charge in [-0.3, -0.25) is 4.79 Å². The van der Waals surface area contributed by atoms with Crippen molar-refractivity contribution in [3.63, 3.8) is 0 Å². The van der Waals surface area contributed by atoms with Gasteiger partial charge in [0.25, 0.3) is 5.91 Å². The van der Waals surface area contributed by atoms with Crippen LogP contribution in [-0.2, 0) is 14.8 Å². The molecule has 7 nitrogen and oxygen atoms in total. The van der Waals surface area contributed by atoms with Gasteiger partial charge in [0.1, 0.15) is 10.6 Å². The Labute approximate surface area is 144 Å². The number of rotatable bonds is 5. The first kappa shape index (κ1) is 17.1. The highest BCUT2D eigenvalue weighted by Gasteiger charge is 2.26. The van der Waals surface area contributed by atoms with E-state index in [2.05, 4.69) is 9.71 Å². The Morgan fingerprint density at radius 2 is 2.21 bits per heavy atom. The molecule has 0 bridgehead atoms. The van der Waals surface area contributed by atoms with Gasteiger partial charge in [-0.2, -0.15) is 0 Å². The lowest BCUT2D eigenvalue weighted by atomic mass is 10.2. The van der Waals surface area contributed by atoms with E-state index >= 15 is 0 Å². The van der Waals surface area contributed by atoms with E-state index in [0.29, 0.717) is 36.1 Å². The van der Waals surface area contributed by atoms with E-state index in [1.165, 1.54) is 0 Å². The zero-order chi connectivity index (χ0) is 17.3. The molecule has 1 N–H and O–H groups in total. The number of amides is 1. The fourth-order valence-corrected chi connectivity index (χ4v) is 4.86. The lowest BCUT2D eigenvalue weighted by Gasteiger charge is -2.09. The number of ether oxygens (including phenoxy) is 1. The molecule has 0 spiro atoms. The minimum atomic E-state index is -3.70. The summed E-state index contributed by atoms with van der Waals surface area (Å²) in [5.41, 5.74) is 0.473. The van der Waals surface area contributed by atoms with Crippen molar-refractivity contribution >= 4 is 27.3 Å². The summed E-state index contributed by atoms with van der Waals surface area (Å²) in [7, 11) is -3.70. The van der Waals surface area contributed by atoms with Crippen LogP contribution in [0.2, 0.25) is 0 Å². The van der Waals surface area contributed by atoms with Crippen molar-refractivity contribution in [1.82, 2.24) is 9.71 Å². The zero-order valence-electron chi connectivity index (χ0n) is 13.4. The number of nitrogens with one attached hydrogen (secondary N) is 1. The van der Waals surface area contributed by atoms with Gasteiger partial charge in [-0.05, 0) is 32.4 Å². The molecule has 130 valence electrons. The normalized spacial score (nSPS) is 18.0. The average molecular weight is 370 g/mol. The van der Waals surface area contributed by atoms with Crippen LogP contribution in [-0.4, -0.2) is 38.3 Å². The minimum Gasteiger partial charge on any atom is -0.459 e. The molecule has 2 aromatic rings. The maximum atomic E-state index is 12.3. The van der Waals surface area contributed by atoms with Crippen LogP contribution >= 0.6 is 11.3 Å². The largest absolute Gasteiger partial charge is 0.459 e. The minimum absolute atomic E-state index is 0.0699. The lowest BCUT2D eigenvalue weighted by molar-refractivity contribution is 0.0984. The fourth-order valence-electron chi connectivity index (χ4n) is 2.52. The number of furan rings is 1. The third-order valence-corrected chi connectivity index (χ3v) is 6.26. The highest BCUT2D eigenvalue weighted by molar-refractivity contribution is 7.90. The number of sulfonamides is 1. The number of hydrogen-bond donors (Lipinski definition) is 1. The summed E-state index contributed by atoms with van der Waals surface area (Å²) in [6.45, 7) is 4.46. The van der Waals surface area contributed by atoms with Gasteiger partial charge in [0.2, 0.25) is 10.0 Å². The predicted octanol–water partition coefficient (Wildman–Crippen LogP) is 2.12. The standard InChI is InChI=1S/C15H18N2O5S2/c1-9-3-4-12(22-9)15-16-10(2)13(23-15)14(18)17-24(19,20)8-11-5-6-21-7-11/h3-4,11H,5-8H2,1-2H3,(H,17,18)/t11-/m1/s1. The van der Waals surface area contributed by atoms with Crippen molar-refractivity contribution in [2.75, 3.05) is 19.0 Å². The van der Waals surface area contributed by atoms with Crippen molar-refractivity contribution in [1.29, 1.82) is 0 Å². The predicted molar refractivity (Wildman–Crippen MR) is 89.5 cm³/mol. The monoisotopic (exact) mass is 370 g/mol. The molecule has 2 aromatic heterocycles. The molecule has 0 aliphatic carbocycles. The quantitative estimate of drug-likeness (QED) is 0.865. The van der Waals surface area contributed by atoms with Gasteiger partial charge in [0, 0.05) is 12.5 Å². The molecule has 0 saturated carbocycles. The molecule has 0 unspecified atom stereocenters. The highest BCUT2D eigenvalue weighted by Crippen LogP contribution is 2.29. The third-order valence-electron chi connectivity index (χ3n) is 3.68. The molecule has 9 heteroatoms. The zero-order valence-corrected chi connectivity index (χ0v) is 15.0. The summed E-state index contributed by atoms with van der Waals surface area (Å²) in [6, 6.07) is 3.58. The van der Waals surface area contributed by atoms with Crippen LogP contribution in [0.1, 0.15) is 27.5 Å². The Kier molecular flexibility index (Phi) is 4.75. The number of thiazole rings is 1. The summed E-state index contributed by atoms with van der Waals surface area (Å²) in [5, 5.41) is 0.548. The number of aromatic nitrogens is 1. The summed E-state index contributed by atoms with van der Waals surface area (Å²) in [6.07, 6.45) is 0.691. The van der Waals surface area contributed by atoms with Gasteiger partial charge < -0.3 is 9.15 Å². The van der Waals surface area contributed by atoms with Gasteiger partial charge in [-0.15, -0.1) is 11.3 Å². The molecule has 3 heterocycles. The van der Waals surface area contributed by atoms with E-state index in [9.17, 15) is 13.2 Å². The summed E-state index contributed by atoms with van der Waals surface area (Å²) in [4.78, 5) is 16.9. The maximum absolute atomic E-state index is 12.3. The Morgan fingerprint density at radius 1 is 1.42 bits per heavy atom. The molecule has 1 saturated heterocycles. The number of carbonyl (C=O) groups is 1. The molecule has 0 aromatic carbocycles. The second-order valence-corrected chi connectivity index (χ2v) is 8.55. The first-order valence-electron chi connectivity index (χ1n) is 7.51. The summed E-state index contributed by atoms with van der Waals surface area (Å²) < 4.78 is 37.1. The maximum Gasteiger partial charge on any atom is 0.276 e. The number of aryl methyl sites for hydroxylation is 2. The molecule has 1 aliphatic rings. The van der Waals surface area contributed by atoms with Crippen molar-refractivity contribution in [3.05, 3.63) is 28.5 Å². The Morgan fingerprint density at radius 3 is 2.83 bits per heavy atom. The molecule has 0 radical (unpaired) electrons. The molecule has 1 atom stereocenters. The van der Waals surface area contributed by atoms with Gasteiger partial charge in [-0.25, -0.2) is 18.1 Å². The second kappa shape index (κ2) is 6.66. The van der Waals surface area contributed by atoms with Crippen LogP contribution in [0.25, 0.3) is 10.8 Å². The van der Waals surface area contributed by atoms with E-state index in [0.717, 1.165) is 17.1 Å². The molecular weight excluding hydrogens is 352 g/mol. The fraction of sp³-hybridized carbons (Fsp3) is 0.467. The number of carbonyl (C=O) groups excluding carboxylic acids is 1. The van der Waals surface area contributed by atoms with Gasteiger partial charge in [0.15, 0.2) is 10.8 Å². The molecule has 1 amide bonds. The van der Waals surface area contributed by atoms with E-state index in [-0.39, 0.29) is 16.5 Å². The van der Waals surface area contributed by atoms with E-state index < -0.39 is 15.9 Å². The molecule has 24 heavy (non-hydrogen) atoms. The Hall–Kier alpha value is -1.71. The van der Waals surface area contributed by atoms with Crippen molar-refractivity contribution in [3.8, 4) is 10.8 Å². The van der Waals surface area contributed by atoms with Crippen LogP contribution in [0.4, 0.5) is 0 Å². The number of nitrogens with zero attached hydrogens (tertiary/aromatic N) is 1. The Bertz CT molecular complexity index is 847. The van der Waals surface area contributed by atoms with Crippen LogP contribution in [0.5, 0.6) is 0 Å². The number of hydrogen-bond acceptors (Lipinski definition) is 7. The molecule has 1 fully saturated rings. The molecule has 1 aliphatic heterocycles. The van der Waals surface area contributed by atoms with Crippen molar-refractivity contribution in [2.45, 2.75) is 20.3 Å². The first-order chi connectivity index (χ1) is 11.3. The highest BCUT2D eigenvalue weighted by atomic mass is 32.2. The smallest absolute Gasteiger partial charge is 0.276 e. The summed E-state index contributed by atoms with van der Waals surface area (Å²) in [5.74, 6) is 0.467. The van der Waals surface area contributed by atoms with Gasteiger partial charge in [0.05, 0.1) is 18.1 Å².